The van der Waals surface area contributed by atoms with E-state index in [1.165, 1.54) is 6.92 Å². The molecule has 49 heavy (non-hydrogen) atoms. The highest BCUT2D eigenvalue weighted by Gasteiger charge is 2.60. The fourth-order valence-electron chi connectivity index (χ4n) is 6.97. The zero-order valence-electron chi connectivity index (χ0n) is 30.2. The molecule has 0 aliphatic carbocycles. The van der Waals surface area contributed by atoms with Crippen LogP contribution >= 0.6 is 0 Å². The van der Waals surface area contributed by atoms with Crippen molar-refractivity contribution < 1.29 is 48.0 Å². The van der Waals surface area contributed by atoms with Gasteiger partial charge in [0.25, 0.3) is 0 Å². The van der Waals surface area contributed by atoms with Gasteiger partial charge in [0.2, 0.25) is 11.9 Å². The summed E-state index contributed by atoms with van der Waals surface area (Å²) in [5.74, 6) is -1.93. The first-order valence-electron chi connectivity index (χ1n) is 16.7. The third-order valence-electron chi connectivity index (χ3n) is 9.05. The predicted octanol–water partition coefficient (Wildman–Crippen LogP) is 5.75. The minimum atomic E-state index is -2.40. The third kappa shape index (κ3) is 9.59. The van der Waals surface area contributed by atoms with E-state index in [0.717, 1.165) is 37.5 Å². The van der Waals surface area contributed by atoms with E-state index < -0.39 is 68.8 Å². The molecule has 3 rings (SSSR count). The summed E-state index contributed by atoms with van der Waals surface area (Å²) in [6, 6.07) is 14.9. The molecule has 5 atom stereocenters. The van der Waals surface area contributed by atoms with Gasteiger partial charge in [-0.3, -0.25) is 19.2 Å². The molecular weight excluding hydrogens is 644 g/mol. The molecule has 11 heteroatoms. The highest BCUT2D eigenvalue weighted by atomic mass is 28.3. The van der Waals surface area contributed by atoms with E-state index in [1.807, 2.05) is 30.3 Å². The van der Waals surface area contributed by atoms with Crippen LogP contribution in [0.15, 0.2) is 48.5 Å². The molecule has 2 aromatic rings. The first-order chi connectivity index (χ1) is 22.9. The van der Waals surface area contributed by atoms with Gasteiger partial charge in [0, 0.05) is 38.8 Å². The van der Waals surface area contributed by atoms with Gasteiger partial charge >= 0.3 is 23.9 Å². The Kier molecular flexibility index (Phi) is 13.4. The molecule has 0 bridgehead atoms. The Morgan fingerprint density at radius 2 is 1.33 bits per heavy atom. The van der Waals surface area contributed by atoms with E-state index >= 15 is 0 Å². The second-order valence-electron chi connectivity index (χ2n) is 13.6. The maximum Gasteiger partial charge on any atom is 0.303 e. The monoisotopic (exact) mass is 694 g/mol. The highest BCUT2D eigenvalue weighted by Crippen LogP contribution is 2.42. The van der Waals surface area contributed by atoms with Gasteiger partial charge in [-0.25, -0.2) is 0 Å². The molecule has 1 aliphatic heterocycles. The smallest absolute Gasteiger partial charge is 0.303 e. The van der Waals surface area contributed by atoms with Crippen LogP contribution in [0.1, 0.15) is 91.5 Å². The summed E-state index contributed by atoms with van der Waals surface area (Å²) in [7, 11) is -1.88. The second-order valence-corrected chi connectivity index (χ2v) is 19.1. The van der Waals surface area contributed by atoms with E-state index in [-0.39, 0.29) is 5.56 Å². The number of hydrogen-bond donors (Lipinski definition) is 1. The lowest BCUT2D eigenvalue weighted by molar-refractivity contribution is -0.360. The lowest BCUT2D eigenvalue weighted by atomic mass is 9.86. The van der Waals surface area contributed by atoms with E-state index in [2.05, 4.69) is 53.0 Å². The fraction of sp³-hybridized carbons (Fsp3) is 0.526. The van der Waals surface area contributed by atoms with Crippen LogP contribution < -0.4 is 0 Å². The van der Waals surface area contributed by atoms with Crippen molar-refractivity contribution in [2.75, 3.05) is 6.61 Å². The summed E-state index contributed by atoms with van der Waals surface area (Å²) in [6.07, 6.45) is -5.36. The van der Waals surface area contributed by atoms with Crippen molar-refractivity contribution in [3.8, 4) is 11.5 Å². The normalized spacial score (nSPS) is 22.2. The Morgan fingerprint density at radius 3 is 1.84 bits per heavy atom. The lowest BCUT2D eigenvalue weighted by Crippen LogP contribution is -2.66. The van der Waals surface area contributed by atoms with Crippen molar-refractivity contribution >= 4 is 32.0 Å². The number of hydrogen-bond acceptors (Lipinski definition) is 10. The average molecular weight is 695 g/mol. The molecule has 0 spiro atoms. The van der Waals surface area contributed by atoms with Crippen molar-refractivity contribution in [3.05, 3.63) is 70.8 Å². The molecule has 1 fully saturated rings. The summed E-state index contributed by atoms with van der Waals surface area (Å²) in [5.41, 5.74) is 8.27. The summed E-state index contributed by atoms with van der Waals surface area (Å²) >= 11 is 0. The predicted molar refractivity (Wildman–Crippen MR) is 186 cm³/mol. The summed E-state index contributed by atoms with van der Waals surface area (Å²) in [6.45, 7) is 17.8. The molecule has 1 N–H and O–H groups in total. The van der Waals surface area contributed by atoms with Gasteiger partial charge in [0.15, 0.2) is 12.2 Å². The van der Waals surface area contributed by atoms with Crippen molar-refractivity contribution in [1.82, 2.24) is 0 Å². The molecule has 2 aromatic carbocycles. The molecule has 266 valence electrons. The summed E-state index contributed by atoms with van der Waals surface area (Å²) in [4.78, 5) is 48.3. The van der Waals surface area contributed by atoms with Gasteiger partial charge in [-0.2, -0.15) is 0 Å². The van der Waals surface area contributed by atoms with Crippen LogP contribution in [0.3, 0.4) is 0 Å². The van der Waals surface area contributed by atoms with Crippen LogP contribution in [0, 0.1) is 11.5 Å². The quantitative estimate of drug-likeness (QED) is 0.134. The highest BCUT2D eigenvalue weighted by molar-refractivity contribution is 6.90. The Balaban J connectivity index is 2.01. The Hall–Kier alpha value is -3.98. The topological polar surface area (TPSA) is 135 Å². The number of benzene rings is 2. The molecule has 0 unspecified atom stereocenters. The first-order valence-corrected chi connectivity index (χ1v) is 18.9. The third-order valence-corrected chi connectivity index (χ3v) is 15.3. The fourth-order valence-corrected chi connectivity index (χ4v) is 12.2. The average Bonchev–Trinajstić information content (AvgIpc) is 2.99. The van der Waals surface area contributed by atoms with Crippen LogP contribution in [-0.4, -0.2) is 68.1 Å². The molecule has 1 saturated heterocycles. The van der Waals surface area contributed by atoms with Gasteiger partial charge in [-0.05, 0) is 52.4 Å². The van der Waals surface area contributed by atoms with Crippen LogP contribution in [0.2, 0.25) is 16.6 Å². The summed E-state index contributed by atoms with van der Waals surface area (Å²) < 4.78 is 27.7. The molecule has 0 aromatic heterocycles. The van der Waals surface area contributed by atoms with Crippen LogP contribution in [0.4, 0.5) is 0 Å². The Bertz CT molecular complexity index is 1530. The number of aliphatic hydroxyl groups is 1. The van der Waals surface area contributed by atoms with Crippen LogP contribution in [0.5, 0.6) is 0 Å². The Morgan fingerprint density at radius 1 is 0.776 bits per heavy atom. The van der Waals surface area contributed by atoms with Crippen LogP contribution in [-0.2, 0) is 55.1 Å². The molecule has 10 nitrogen and oxygen atoms in total. The largest absolute Gasteiger partial charge is 0.463 e. The minimum absolute atomic E-state index is 0.183. The lowest BCUT2D eigenvalue weighted by Gasteiger charge is -2.48. The molecule has 0 saturated carbocycles. The van der Waals surface area contributed by atoms with E-state index in [4.69, 9.17) is 23.7 Å². The van der Waals surface area contributed by atoms with Gasteiger partial charge in [-0.1, -0.05) is 77.8 Å². The second kappa shape index (κ2) is 16.6. The zero-order chi connectivity index (χ0) is 36.7. The molecular formula is C38H50O10Si. The van der Waals surface area contributed by atoms with Crippen LogP contribution in [0.25, 0.3) is 0 Å². The van der Waals surface area contributed by atoms with Gasteiger partial charge in [0.1, 0.15) is 20.8 Å². The van der Waals surface area contributed by atoms with Crippen molar-refractivity contribution in [2.45, 2.75) is 122 Å². The van der Waals surface area contributed by atoms with Gasteiger partial charge in [-0.15, -0.1) is 5.54 Å². The Labute approximate surface area is 290 Å². The standard InChI is InChI=1S/C38H50O10Si/c1-23(2)49(24(3)4,25(5)6)19-18-30-14-16-31(17-15-30)20-32-12-11-13-33(21-32)38(43)37(47-29(10)42)36(46-28(9)41)35(45-27(8)40)34(48-38)22-44-26(7)39/h11-17,21,23-25,34-37,43H,20,22H2,1-10H3/t34-,35-,36+,37-,38+/m1/s1. The van der Waals surface area contributed by atoms with E-state index in [1.54, 1.807) is 18.2 Å². The van der Waals surface area contributed by atoms with Gasteiger partial charge in [0.05, 0.1) is 0 Å². The summed E-state index contributed by atoms with van der Waals surface area (Å²) in [5, 5.41) is 12.2. The van der Waals surface area contributed by atoms with E-state index in [9.17, 15) is 24.3 Å². The maximum atomic E-state index is 12.3. The van der Waals surface area contributed by atoms with Crippen molar-refractivity contribution in [2.24, 2.45) is 0 Å². The molecule has 1 heterocycles. The minimum Gasteiger partial charge on any atom is -0.463 e. The number of ether oxygens (including phenoxy) is 5. The number of esters is 4. The zero-order valence-corrected chi connectivity index (χ0v) is 31.2. The van der Waals surface area contributed by atoms with Crippen molar-refractivity contribution in [3.63, 3.8) is 0 Å². The number of carbonyl (C=O) groups is 4. The van der Waals surface area contributed by atoms with E-state index in [0.29, 0.717) is 23.0 Å². The molecule has 0 amide bonds. The van der Waals surface area contributed by atoms with Gasteiger partial charge < -0.3 is 28.8 Å². The number of rotatable bonds is 11. The number of carbonyl (C=O) groups excluding carboxylic acids is 4. The SMILES string of the molecule is CC(=O)OC[C@H]1O[C@@](O)(c2cccc(Cc3ccc(C#C[Si](C(C)C)(C(C)C)C(C)C)cc3)c2)[C@H](OC(C)=O)[C@@H](OC(C)=O)[C@@H]1OC(C)=O. The maximum absolute atomic E-state index is 12.3. The van der Waals surface area contributed by atoms with Crippen molar-refractivity contribution in [1.29, 1.82) is 0 Å². The molecule has 1 aliphatic rings. The first kappa shape index (κ1) is 39.5. The molecule has 0 radical (unpaired) electrons.